The van der Waals surface area contributed by atoms with E-state index in [9.17, 15) is 9.18 Å². The Morgan fingerprint density at radius 1 is 1.20 bits per heavy atom. The second-order valence-corrected chi connectivity index (χ2v) is 7.20. The number of benzene rings is 1. The van der Waals surface area contributed by atoms with E-state index in [1.165, 1.54) is 12.1 Å². The molecule has 0 N–H and O–H groups in total. The third kappa shape index (κ3) is 4.31. The van der Waals surface area contributed by atoms with Crippen LogP contribution in [0.2, 0.25) is 0 Å². The third-order valence-electron chi connectivity index (χ3n) is 5.39. The zero-order valence-corrected chi connectivity index (χ0v) is 17.7. The van der Waals surface area contributed by atoms with Crippen molar-refractivity contribution < 1.29 is 9.13 Å². The molecular weight excluding hydrogens is 407 g/mol. The summed E-state index contributed by atoms with van der Waals surface area (Å²) in [5, 5.41) is 0. The molecule has 1 unspecified atom stereocenters. The molecule has 1 aromatic carbocycles. The van der Waals surface area contributed by atoms with Crippen LogP contribution in [0.1, 0.15) is 18.9 Å². The van der Waals surface area contributed by atoms with Crippen LogP contribution in [0.3, 0.4) is 0 Å². The quantitative estimate of drug-likeness (QED) is 0.617. The number of ether oxygens (including phenoxy) is 1. The number of methoxy groups -OCH3 is 1. The van der Waals surface area contributed by atoms with E-state index < -0.39 is 0 Å². The predicted octanol–water partition coefficient (Wildman–Crippen LogP) is 3.72. The number of rotatable bonds is 5. The van der Waals surface area contributed by atoms with Crippen molar-refractivity contribution in [3.8, 4) is 17.0 Å². The van der Waals surface area contributed by atoms with Gasteiger partial charge in [-0.2, -0.15) is 0 Å². The van der Waals surface area contributed by atoms with Gasteiger partial charge in [0.05, 0.1) is 12.8 Å². The lowest BCUT2D eigenvalue weighted by atomic mass is 10.1. The van der Waals surface area contributed by atoms with Gasteiger partial charge in [0.1, 0.15) is 11.6 Å². The van der Waals surface area contributed by atoms with E-state index in [2.05, 4.69) is 16.8 Å². The Balaban J connectivity index is 0.00000256. The average molecular weight is 431 g/mol. The van der Waals surface area contributed by atoms with Crippen molar-refractivity contribution in [3.63, 3.8) is 0 Å². The van der Waals surface area contributed by atoms with Crippen molar-refractivity contribution in [3.05, 3.63) is 70.5 Å². The summed E-state index contributed by atoms with van der Waals surface area (Å²) in [5.41, 5.74) is 2.37. The van der Waals surface area contributed by atoms with Gasteiger partial charge in [-0.05, 0) is 43.5 Å². The standard InChI is InChI=1S/C22H23FN4O2.ClH/c1-15-7-11-27-21(28)14-19(16-5-9-24-10-6-16)25-22(27)26(15)12-8-17-3-4-18(23)13-20(17)29-2;/h3-6,9-10,13-15H,7-8,11-12H2,1-2H3;1H. The molecule has 0 saturated heterocycles. The number of anilines is 1. The SMILES string of the molecule is COc1cc(F)ccc1CCN1c2nc(-c3ccncc3)cc(=O)n2CCC1C.Cl. The largest absolute Gasteiger partial charge is 0.496 e. The first-order valence-corrected chi connectivity index (χ1v) is 9.68. The van der Waals surface area contributed by atoms with Crippen LogP contribution in [0.15, 0.2) is 53.6 Å². The molecule has 8 heteroatoms. The molecule has 0 radical (unpaired) electrons. The van der Waals surface area contributed by atoms with Gasteiger partial charge >= 0.3 is 0 Å². The summed E-state index contributed by atoms with van der Waals surface area (Å²) in [6, 6.07) is 10.1. The molecule has 3 heterocycles. The molecular formula is C22H24ClFN4O2. The van der Waals surface area contributed by atoms with Crippen LogP contribution >= 0.6 is 12.4 Å². The lowest BCUT2D eigenvalue weighted by Crippen LogP contribution is -2.45. The molecule has 3 aromatic rings. The van der Waals surface area contributed by atoms with Gasteiger partial charge in [0, 0.05) is 49.2 Å². The van der Waals surface area contributed by atoms with Gasteiger partial charge in [-0.3, -0.25) is 14.3 Å². The van der Waals surface area contributed by atoms with E-state index >= 15 is 0 Å². The monoisotopic (exact) mass is 430 g/mol. The highest BCUT2D eigenvalue weighted by Gasteiger charge is 2.26. The molecule has 6 nitrogen and oxygen atoms in total. The first kappa shape index (κ1) is 21.8. The van der Waals surface area contributed by atoms with Crippen molar-refractivity contribution >= 4 is 18.4 Å². The highest BCUT2D eigenvalue weighted by molar-refractivity contribution is 5.85. The molecule has 0 aliphatic carbocycles. The third-order valence-corrected chi connectivity index (χ3v) is 5.39. The maximum atomic E-state index is 13.5. The van der Waals surface area contributed by atoms with E-state index in [1.807, 2.05) is 12.1 Å². The molecule has 1 atom stereocenters. The molecule has 0 bridgehead atoms. The van der Waals surface area contributed by atoms with Crippen LogP contribution in [-0.4, -0.2) is 34.2 Å². The first-order chi connectivity index (χ1) is 14.1. The van der Waals surface area contributed by atoms with Crippen LogP contribution in [0.25, 0.3) is 11.3 Å². The number of hydrogen-bond acceptors (Lipinski definition) is 5. The van der Waals surface area contributed by atoms with Crippen molar-refractivity contribution in [1.29, 1.82) is 0 Å². The van der Waals surface area contributed by atoms with Gasteiger partial charge < -0.3 is 9.64 Å². The van der Waals surface area contributed by atoms with Gasteiger partial charge in [0.15, 0.2) is 0 Å². The molecule has 30 heavy (non-hydrogen) atoms. The van der Waals surface area contributed by atoms with Crippen LogP contribution < -0.4 is 15.2 Å². The Kier molecular flexibility index (Phi) is 6.72. The van der Waals surface area contributed by atoms with Gasteiger partial charge in [0.2, 0.25) is 5.95 Å². The number of halogens is 2. The summed E-state index contributed by atoms with van der Waals surface area (Å²) in [4.78, 5) is 23.7. The molecule has 0 amide bonds. The Morgan fingerprint density at radius 3 is 2.70 bits per heavy atom. The summed E-state index contributed by atoms with van der Waals surface area (Å²) >= 11 is 0. The van der Waals surface area contributed by atoms with E-state index in [0.717, 1.165) is 17.5 Å². The topological polar surface area (TPSA) is 60.2 Å². The van der Waals surface area contributed by atoms with Crippen molar-refractivity contribution in [2.45, 2.75) is 32.4 Å². The Morgan fingerprint density at radius 2 is 1.97 bits per heavy atom. The van der Waals surface area contributed by atoms with Crippen LogP contribution in [0, 0.1) is 5.82 Å². The molecule has 4 rings (SSSR count). The summed E-state index contributed by atoms with van der Waals surface area (Å²) in [7, 11) is 1.54. The van der Waals surface area contributed by atoms with Crippen LogP contribution in [0.4, 0.5) is 10.3 Å². The van der Waals surface area contributed by atoms with E-state index in [4.69, 9.17) is 9.72 Å². The highest BCUT2D eigenvalue weighted by atomic mass is 35.5. The number of pyridine rings is 1. The second kappa shape index (κ2) is 9.26. The number of hydrogen-bond donors (Lipinski definition) is 0. The molecule has 2 aromatic heterocycles. The number of aromatic nitrogens is 3. The lowest BCUT2D eigenvalue weighted by Gasteiger charge is -2.36. The van der Waals surface area contributed by atoms with Gasteiger partial charge in [-0.15, -0.1) is 12.4 Å². The average Bonchev–Trinajstić information content (AvgIpc) is 2.74. The maximum Gasteiger partial charge on any atom is 0.255 e. The Labute approximate surface area is 180 Å². The fourth-order valence-electron chi connectivity index (χ4n) is 3.75. The molecule has 158 valence electrons. The fraction of sp³-hybridized carbons (Fsp3) is 0.318. The summed E-state index contributed by atoms with van der Waals surface area (Å²) < 4.78 is 20.5. The van der Waals surface area contributed by atoms with Gasteiger partial charge in [-0.1, -0.05) is 6.07 Å². The maximum absolute atomic E-state index is 13.5. The van der Waals surface area contributed by atoms with Crippen molar-refractivity contribution in [1.82, 2.24) is 14.5 Å². The predicted molar refractivity (Wildman–Crippen MR) is 117 cm³/mol. The number of nitrogens with zero attached hydrogens (tertiary/aromatic N) is 4. The Bertz CT molecular complexity index is 1070. The second-order valence-electron chi connectivity index (χ2n) is 7.20. The molecule has 0 saturated carbocycles. The van der Waals surface area contributed by atoms with E-state index in [0.29, 0.717) is 36.9 Å². The Hall–Kier alpha value is -2.93. The molecule has 1 aliphatic heterocycles. The van der Waals surface area contributed by atoms with E-state index in [-0.39, 0.29) is 29.8 Å². The molecule has 1 aliphatic rings. The smallest absolute Gasteiger partial charge is 0.255 e. The van der Waals surface area contributed by atoms with Crippen LogP contribution in [0.5, 0.6) is 5.75 Å². The summed E-state index contributed by atoms with van der Waals surface area (Å²) in [5.74, 6) is 0.882. The van der Waals surface area contributed by atoms with E-state index in [1.54, 1.807) is 36.2 Å². The highest BCUT2D eigenvalue weighted by Crippen LogP contribution is 2.26. The zero-order chi connectivity index (χ0) is 20.4. The van der Waals surface area contributed by atoms with Crippen LogP contribution in [-0.2, 0) is 13.0 Å². The minimum Gasteiger partial charge on any atom is -0.496 e. The zero-order valence-electron chi connectivity index (χ0n) is 16.9. The minimum atomic E-state index is -0.322. The summed E-state index contributed by atoms with van der Waals surface area (Å²) in [6.45, 7) is 3.43. The first-order valence-electron chi connectivity index (χ1n) is 9.68. The van der Waals surface area contributed by atoms with Gasteiger partial charge in [-0.25, -0.2) is 9.37 Å². The number of fused-ring (bicyclic) bond motifs is 1. The summed E-state index contributed by atoms with van der Waals surface area (Å²) in [6.07, 6.45) is 4.90. The van der Waals surface area contributed by atoms with Crippen molar-refractivity contribution in [2.75, 3.05) is 18.6 Å². The van der Waals surface area contributed by atoms with Gasteiger partial charge in [0.25, 0.3) is 5.56 Å². The molecule has 0 spiro atoms. The normalized spacial score (nSPS) is 15.3. The molecule has 0 fully saturated rings. The fourth-order valence-corrected chi connectivity index (χ4v) is 3.75. The van der Waals surface area contributed by atoms with Crippen molar-refractivity contribution in [2.24, 2.45) is 0 Å². The lowest BCUT2D eigenvalue weighted by molar-refractivity contribution is 0.404. The minimum absolute atomic E-state index is 0.